The predicted octanol–water partition coefficient (Wildman–Crippen LogP) is 1.26. The number of fused-ring (bicyclic) bond motifs is 1. The van der Waals surface area contributed by atoms with Gasteiger partial charge in [-0.05, 0) is 45.1 Å². The summed E-state index contributed by atoms with van der Waals surface area (Å²) in [6.45, 7) is 4.30. The van der Waals surface area contributed by atoms with Gasteiger partial charge in [0.15, 0.2) is 0 Å². The van der Waals surface area contributed by atoms with E-state index in [2.05, 4.69) is 23.8 Å². The lowest BCUT2D eigenvalue weighted by Crippen LogP contribution is -2.46. The van der Waals surface area contributed by atoms with Gasteiger partial charge in [0, 0.05) is 25.2 Å². The third kappa shape index (κ3) is 1.86. The van der Waals surface area contributed by atoms with E-state index in [0.29, 0.717) is 23.9 Å². The number of rotatable bonds is 2. The largest absolute Gasteiger partial charge is 0.480 e. The number of carboxylic acids is 1. The number of nitrogens with zero attached hydrogens (tertiary/aromatic N) is 2. The quantitative estimate of drug-likeness (QED) is 0.803. The van der Waals surface area contributed by atoms with E-state index < -0.39 is 5.97 Å². The molecule has 18 heavy (non-hydrogen) atoms. The second-order valence-corrected chi connectivity index (χ2v) is 6.51. The Bertz CT molecular complexity index is 337. The summed E-state index contributed by atoms with van der Waals surface area (Å²) in [5, 5.41) is 9.57. The predicted molar refractivity (Wildman–Crippen MR) is 69.5 cm³/mol. The number of aliphatic carboxylic acids is 1. The van der Waals surface area contributed by atoms with Gasteiger partial charge >= 0.3 is 5.97 Å². The number of likely N-dealkylation sites (tertiary alicyclic amines) is 2. The van der Waals surface area contributed by atoms with Crippen LogP contribution < -0.4 is 0 Å². The summed E-state index contributed by atoms with van der Waals surface area (Å²) in [5.41, 5.74) is 0. The van der Waals surface area contributed by atoms with Gasteiger partial charge in [0.25, 0.3) is 0 Å². The number of hydrogen-bond donors (Lipinski definition) is 1. The van der Waals surface area contributed by atoms with Gasteiger partial charge < -0.3 is 10.0 Å². The van der Waals surface area contributed by atoms with Crippen molar-refractivity contribution in [3.63, 3.8) is 0 Å². The third-order valence-corrected chi connectivity index (χ3v) is 5.51. The van der Waals surface area contributed by atoms with Crippen molar-refractivity contribution in [2.45, 2.75) is 50.7 Å². The second-order valence-electron chi connectivity index (χ2n) is 6.51. The number of hydrogen-bond acceptors (Lipinski definition) is 3. The van der Waals surface area contributed by atoms with Crippen molar-refractivity contribution in [2.24, 2.45) is 11.8 Å². The van der Waals surface area contributed by atoms with Crippen LogP contribution in [0, 0.1) is 11.8 Å². The molecule has 5 atom stereocenters. The molecule has 0 aromatic carbocycles. The highest BCUT2D eigenvalue weighted by molar-refractivity contribution is 5.74. The Morgan fingerprint density at radius 1 is 1.28 bits per heavy atom. The molecule has 3 fully saturated rings. The first-order valence-corrected chi connectivity index (χ1v) is 7.26. The Labute approximate surface area is 109 Å². The maximum atomic E-state index is 11.6. The Morgan fingerprint density at radius 3 is 2.67 bits per heavy atom. The standard InChI is InChI=1S/C14H24N2O2/c1-9-6-11(8-15(9)2)16-7-10-4-3-5-12(10)13(16)14(17)18/h9-13H,3-8H2,1-2H3,(H,17,18). The normalized spacial score (nSPS) is 45.6. The van der Waals surface area contributed by atoms with E-state index >= 15 is 0 Å². The van der Waals surface area contributed by atoms with E-state index in [4.69, 9.17) is 0 Å². The maximum absolute atomic E-state index is 11.6. The molecular formula is C14H24N2O2. The molecule has 4 nitrogen and oxygen atoms in total. The summed E-state index contributed by atoms with van der Waals surface area (Å²) in [4.78, 5) is 16.3. The van der Waals surface area contributed by atoms with Crippen molar-refractivity contribution in [1.29, 1.82) is 0 Å². The van der Waals surface area contributed by atoms with Gasteiger partial charge in [-0.25, -0.2) is 0 Å². The fourth-order valence-corrected chi connectivity index (χ4v) is 4.44. The third-order valence-electron chi connectivity index (χ3n) is 5.51. The van der Waals surface area contributed by atoms with Crippen molar-refractivity contribution in [3.8, 4) is 0 Å². The van der Waals surface area contributed by atoms with Crippen LogP contribution in [0.5, 0.6) is 0 Å². The van der Waals surface area contributed by atoms with Gasteiger partial charge in [-0.3, -0.25) is 9.69 Å². The number of likely N-dealkylation sites (N-methyl/N-ethyl adjacent to an activating group) is 1. The lowest BCUT2D eigenvalue weighted by molar-refractivity contribution is -0.144. The summed E-state index contributed by atoms with van der Waals surface area (Å²) in [7, 11) is 2.15. The Hall–Kier alpha value is -0.610. The molecule has 0 bridgehead atoms. The highest BCUT2D eigenvalue weighted by Crippen LogP contribution is 2.44. The zero-order chi connectivity index (χ0) is 12.9. The molecule has 2 saturated heterocycles. The molecule has 2 heterocycles. The van der Waals surface area contributed by atoms with Crippen LogP contribution in [0.2, 0.25) is 0 Å². The van der Waals surface area contributed by atoms with Crippen LogP contribution in [0.3, 0.4) is 0 Å². The molecule has 1 saturated carbocycles. The van der Waals surface area contributed by atoms with E-state index in [-0.39, 0.29) is 6.04 Å². The van der Waals surface area contributed by atoms with Gasteiger partial charge in [-0.15, -0.1) is 0 Å². The highest BCUT2D eigenvalue weighted by Gasteiger charge is 2.50. The number of carboxylic acid groups (broad SMARTS) is 1. The fraction of sp³-hybridized carbons (Fsp3) is 0.929. The first-order chi connectivity index (χ1) is 8.58. The van der Waals surface area contributed by atoms with Crippen molar-refractivity contribution >= 4 is 5.97 Å². The van der Waals surface area contributed by atoms with Crippen molar-refractivity contribution in [3.05, 3.63) is 0 Å². The zero-order valence-corrected chi connectivity index (χ0v) is 11.4. The fourth-order valence-electron chi connectivity index (χ4n) is 4.44. The summed E-state index contributed by atoms with van der Waals surface area (Å²) < 4.78 is 0. The average Bonchev–Trinajstić information content (AvgIpc) is 2.92. The maximum Gasteiger partial charge on any atom is 0.321 e. The number of carbonyl (C=O) groups is 1. The second kappa shape index (κ2) is 4.49. The van der Waals surface area contributed by atoms with Gasteiger partial charge in [0.2, 0.25) is 0 Å². The molecular weight excluding hydrogens is 228 g/mol. The van der Waals surface area contributed by atoms with E-state index in [0.717, 1.165) is 25.9 Å². The van der Waals surface area contributed by atoms with Crippen LogP contribution in [0.25, 0.3) is 0 Å². The van der Waals surface area contributed by atoms with Gasteiger partial charge in [0.05, 0.1) is 0 Å². The van der Waals surface area contributed by atoms with Crippen LogP contribution in [-0.4, -0.2) is 59.1 Å². The average molecular weight is 252 g/mol. The Morgan fingerprint density at radius 2 is 2.06 bits per heavy atom. The van der Waals surface area contributed by atoms with Gasteiger partial charge in [0.1, 0.15) is 6.04 Å². The van der Waals surface area contributed by atoms with Crippen LogP contribution >= 0.6 is 0 Å². The lowest BCUT2D eigenvalue weighted by Gasteiger charge is -2.29. The molecule has 0 amide bonds. The Balaban J connectivity index is 1.77. The summed E-state index contributed by atoms with van der Waals surface area (Å²) in [6.07, 6.45) is 4.72. The van der Waals surface area contributed by atoms with E-state index in [9.17, 15) is 9.90 Å². The molecule has 5 unspecified atom stereocenters. The molecule has 1 N–H and O–H groups in total. The van der Waals surface area contributed by atoms with E-state index in [1.54, 1.807) is 0 Å². The topological polar surface area (TPSA) is 43.8 Å². The molecule has 0 spiro atoms. The molecule has 0 radical (unpaired) electrons. The first kappa shape index (κ1) is 12.4. The molecule has 0 aromatic heterocycles. The summed E-state index contributed by atoms with van der Waals surface area (Å²) in [5.74, 6) is 0.475. The lowest BCUT2D eigenvalue weighted by atomic mass is 9.94. The smallest absolute Gasteiger partial charge is 0.321 e. The van der Waals surface area contributed by atoms with Crippen molar-refractivity contribution in [2.75, 3.05) is 20.1 Å². The van der Waals surface area contributed by atoms with Gasteiger partial charge in [-0.2, -0.15) is 0 Å². The minimum absolute atomic E-state index is 0.207. The van der Waals surface area contributed by atoms with Gasteiger partial charge in [-0.1, -0.05) is 6.42 Å². The van der Waals surface area contributed by atoms with Crippen LogP contribution in [0.4, 0.5) is 0 Å². The molecule has 2 aliphatic heterocycles. The SMILES string of the molecule is CC1CC(N2CC3CCCC3C2C(=O)O)CN1C. The zero-order valence-electron chi connectivity index (χ0n) is 11.4. The molecule has 3 aliphatic rings. The van der Waals surface area contributed by atoms with Crippen molar-refractivity contribution < 1.29 is 9.90 Å². The summed E-state index contributed by atoms with van der Waals surface area (Å²) in [6, 6.07) is 0.836. The molecule has 3 rings (SSSR count). The minimum atomic E-state index is -0.591. The van der Waals surface area contributed by atoms with Crippen LogP contribution in [-0.2, 0) is 4.79 Å². The molecule has 102 valence electrons. The van der Waals surface area contributed by atoms with E-state index in [1.165, 1.54) is 12.8 Å². The Kier molecular flexibility index (Phi) is 3.10. The van der Waals surface area contributed by atoms with Crippen LogP contribution in [0.1, 0.15) is 32.6 Å². The molecule has 0 aromatic rings. The monoisotopic (exact) mass is 252 g/mol. The minimum Gasteiger partial charge on any atom is -0.480 e. The summed E-state index contributed by atoms with van der Waals surface area (Å²) >= 11 is 0. The molecule has 1 aliphatic carbocycles. The van der Waals surface area contributed by atoms with Crippen LogP contribution in [0.15, 0.2) is 0 Å². The molecule has 4 heteroatoms. The first-order valence-electron chi connectivity index (χ1n) is 7.26. The van der Waals surface area contributed by atoms with Crippen molar-refractivity contribution in [1.82, 2.24) is 9.80 Å². The highest BCUT2D eigenvalue weighted by atomic mass is 16.4. The van der Waals surface area contributed by atoms with E-state index in [1.807, 2.05) is 0 Å².